The molecule has 31 heavy (non-hydrogen) atoms. The first kappa shape index (κ1) is 19.7. The van der Waals surface area contributed by atoms with Crippen molar-refractivity contribution in [1.29, 1.82) is 0 Å². The van der Waals surface area contributed by atoms with Gasteiger partial charge in [-0.15, -0.1) is 0 Å². The molecule has 0 atom stereocenters. The first-order chi connectivity index (χ1) is 14.8. The third kappa shape index (κ3) is 3.94. The molecule has 0 bridgehead atoms. The van der Waals surface area contributed by atoms with Gasteiger partial charge in [0.1, 0.15) is 5.52 Å². The molecule has 10 heteroatoms. The number of non-ortho nitro benzene ring substituents is 1. The second-order valence-corrected chi connectivity index (χ2v) is 6.72. The summed E-state index contributed by atoms with van der Waals surface area (Å²) in [6, 6.07) is 14.2. The molecule has 4 rings (SSSR count). The maximum atomic E-state index is 11.1. The Morgan fingerprint density at radius 3 is 2.61 bits per heavy atom. The van der Waals surface area contributed by atoms with Crippen molar-refractivity contribution in [2.45, 2.75) is 6.92 Å². The van der Waals surface area contributed by atoms with E-state index in [2.05, 4.69) is 9.98 Å². The van der Waals surface area contributed by atoms with Crippen LogP contribution in [0.1, 0.15) is 11.1 Å². The summed E-state index contributed by atoms with van der Waals surface area (Å²) in [5.74, 6) is -0.309. The summed E-state index contributed by atoms with van der Waals surface area (Å²) in [6.07, 6.45) is 1.13. The fraction of sp³-hybridized carbons (Fsp3) is 0.0476. The fourth-order valence-electron chi connectivity index (χ4n) is 2.99. The van der Waals surface area contributed by atoms with Crippen LogP contribution in [0.4, 0.5) is 17.1 Å². The minimum atomic E-state index is -0.894. The number of hydrogen-bond donors (Lipinski definition) is 1. The number of aryl methyl sites for hydroxylation is 1. The molecule has 1 N–H and O–H groups in total. The van der Waals surface area contributed by atoms with Crippen LogP contribution in [-0.2, 0) is 0 Å². The Morgan fingerprint density at radius 2 is 1.87 bits per heavy atom. The number of aromatic nitrogens is 1. The van der Waals surface area contributed by atoms with E-state index in [1.165, 1.54) is 0 Å². The quantitative estimate of drug-likeness (QED) is 0.270. The normalized spacial score (nSPS) is 11.3. The van der Waals surface area contributed by atoms with E-state index >= 15 is 0 Å². The summed E-state index contributed by atoms with van der Waals surface area (Å²) >= 11 is 0. The van der Waals surface area contributed by atoms with E-state index in [4.69, 9.17) is 4.42 Å². The van der Waals surface area contributed by atoms with Crippen molar-refractivity contribution in [3.05, 3.63) is 86.0 Å². The Labute approximate surface area is 174 Å². The van der Waals surface area contributed by atoms with Crippen molar-refractivity contribution >= 4 is 34.4 Å². The molecule has 0 amide bonds. The lowest BCUT2D eigenvalue weighted by atomic mass is 10.1. The van der Waals surface area contributed by atoms with Crippen molar-refractivity contribution < 1.29 is 19.4 Å². The molecule has 0 unspecified atom stereocenters. The van der Waals surface area contributed by atoms with E-state index in [0.29, 0.717) is 34.3 Å². The van der Waals surface area contributed by atoms with Gasteiger partial charge in [0.25, 0.3) is 5.69 Å². The van der Waals surface area contributed by atoms with E-state index in [0.717, 1.165) is 17.8 Å². The standard InChI is InChI=1S/C21H14N4O6/c1-12-5-6-17-19(7-12)31-21(23-17)13-3-2-4-15(8-13)22-11-14-9-16(24(27)28)10-18(20(14)26)25(29)30/h2-11,26H,1H3. The van der Waals surface area contributed by atoms with Gasteiger partial charge in [0.15, 0.2) is 5.58 Å². The summed E-state index contributed by atoms with van der Waals surface area (Å²) in [6.45, 7) is 1.95. The minimum Gasteiger partial charge on any atom is -0.502 e. The van der Waals surface area contributed by atoms with Crippen molar-refractivity contribution in [1.82, 2.24) is 4.98 Å². The van der Waals surface area contributed by atoms with Crippen LogP contribution in [-0.4, -0.2) is 26.2 Å². The number of phenols is 1. The highest BCUT2D eigenvalue weighted by atomic mass is 16.6. The molecule has 0 aliphatic heterocycles. The van der Waals surface area contributed by atoms with Gasteiger partial charge in [-0.2, -0.15) is 0 Å². The summed E-state index contributed by atoms with van der Waals surface area (Å²) in [5, 5.41) is 32.2. The molecule has 0 spiro atoms. The molecule has 1 heterocycles. The Bertz CT molecular complexity index is 1380. The van der Waals surface area contributed by atoms with Gasteiger partial charge < -0.3 is 9.52 Å². The van der Waals surface area contributed by atoms with Crippen molar-refractivity contribution in [2.75, 3.05) is 0 Å². The van der Waals surface area contributed by atoms with Gasteiger partial charge in [0.05, 0.1) is 21.6 Å². The van der Waals surface area contributed by atoms with Gasteiger partial charge in [0, 0.05) is 23.4 Å². The lowest BCUT2D eigenvalue weighted by Gasteiger charge is -2.02. The second-order valence-electron chi connectivity index (χ2n) is 6.72. The zero-order valence-electron chi connectivity index (χ0n) is 16.1. The highest BCUT2D eigenvalue weighted by Gasteiger charge is 2.23. The minimum absolute atomic E-state index is 0.149. The predicted molar refractivity (Wildman–Crippen MR) is 113 cm³/mol. The lowest BCUT2D eigenvalue weighted by Crippen LogP contribution is -1.96. The first-order valence-corrected chi connectivity index (χ1v) is 8.99. The van der Waals surface area contributed by atoms with Crippen molar-refractivity contribution in [3.63, 3.8) is 0 Å². The van der Waals surface area contributed by atoms with Gasteiger partial charge in [-0.05, 0) is 42.8 Å². The summed E-state index contributed by atoms with van der Waals surface area (Å²) in [5.41, 5.74) is 2.04. The molecule has 10 nitrogen and oxygen atoms in total. The van der Waals surface area contributed by atoms with E-state index in [-0.39, 0.29) is 5.56 Å². The van der Waals surface area contributed by atoms with E-state index in [9.17, 15) is 25.3 Å². The fourth-order valence-corrected chi connectivity index (χ4v) is 2.99. The number of aliphatic imine (C=N–C) groups is 1. The number of nitro benzene ring substituents is 2. The van der Waals surface area contributed by atoms with Crippen LogP contribution in [0.15, 0.2) is 64.0 Å². The van der Waals surface area contributed by atoms with E-state index in [1.807, 2.05) is 25.1 Å². The van der Waals surface area contributed by atoms with Crippen LogP contribution < -0.4 is 0 Å². The second kappa shape index (κ2) is 7.67. The maximum Gasteiger partial charge on any atom is 0.318 e. The molecule has 0 saturated heterocycles. The zero-order valence-corrected chi connectivity index (χ0v) is 16.1. The highest BCUT2D eigenvalue weighted by Crippen LogP contribution is 2.34. The Morgan fingerprint density at radius 1 is 1.06 bits per heavy atom. The van der Waals surface area contributed by atoms with Gasteiger partial charge in [-0.25, -0.2) is 4.98 Å². The molecule has 1 aromatic heterocycles. The number of benzene rings is 3. The van der Waals surface area contributed by atoms with Gasteiger partial charge in [0.2, 0.25) is 11.6 Å². The van der Waals surface area contributed by atoms with Crippen LogP contribution in [0.2, 0.25) is 0 Å². The third-order valence-electron chi connectivity index (χ3n) is 4.50. The summed E-state index contributed by atoms with van der Waals surface area (Å²) in [4.78, 5) is 29.1. The van der Waals surface area contributed by atoms with Gasteiger partial charge in [-0.1, -0.05) is 12.1 Å². The average Bonchev–Trinajstić information content (AvgIpc) is 3.16. The van der Waals surface area contributed by atoms with Crippen LogP contribution in [0.3, 0.4) is 0 Å². The highest BCUT2D eigenvalue weighted by molar-refractivity contribution is 5.89. The molecule has 154 valence electrons. The van der Waals surface area contributed by atoms with E-state index < -0.39 is 27.0 Å². The molecule has 4 aromatic rings. The largest absolute Gasteiger partial charge is 0.502 e. The molecular formula is C21H14N4O6. The number of hydrogen-bond acceptors (Lipinski definition) is 8. The van der Waals surface area contributed by atoms with Gasteiger partial charge in [-0.3, -0.25) is 25.2 Å². The van der Waals surface area contributed by atoms with Gasteiger partial charge >= 0.3 is 5.69 Å². The molecule has 0 radical (unpaired) electrons. The van der Waals surface area contributed by atoms with Crippen molar-refractivity contribution in [3.8, 4) is 17.2 Å². The van der Waals surface area contributed by atoms with Crippen molar-refractivity contribution in [2.24, 2.45) is 4.99 Å². The SMILES string of the molecule is Cc1ccc2nc(-c3cccc(N=Cc4cc([N+](=O)[O-])cc([N+](=O)[O-])c4O)c3)oc2c1. The monoisotopic (exact) mass is 418 g/mol. The zero-order chi connectivity index (χ0) is 22.1. The Hall–Kier alpha value is -4.60. The summed E-state index contributed by atoms with van der Waals surface area (Å²) in [7, 11) is 0. The smallest absolute Gasteiger partial charge is 0.318 e. The molecule has 0 aliphatic carbocycles. The Balaban J connectivity index is 1.70. The van der Waals surface area contributed by atoms with E-state index in [1.54, 1.807) is 24.3 Å². The van der Waals surface area contributed by atoms with Crippen LogP contribution in [0.5, 0.6) is 5.75 Å². The van der Waals surface area contributed by atoms with Crippen LogP contribution in [0, 0.1) is 27.2 Å². The molecular weight excluding hydrogens is 404 g/mol. The number of fused-ring (bicyclic) bond motifs is 1. The number of phenolic OH excluding ortho intramolecular Hbond substituents is 1. The molecule has 0 saturated carbocycles. The number of rotatable bonds is 5. The molecule has 0 fully saturated rings. The maximum absolute atomic E-state index is 11.1. The first-order valence-electron chi connectivity index (χ1n) is 8.99. The molecule has 0 aliphatic rings. The van der Waals surface area contributed by atoms with Crippen LogP contribution >= 0.6 is 0 Å². The predicted octanol–water partition coefficient (Wildman–Crippen LogP) is 5.08. The van der Waals surface area contributed by atoms with Crippen LogP contribution in [0.25, 0.3) is 22.6 Å². The third-order valence-corrected chi connectivity index (χ3v) is 4.50. The average molecular weight is 418 g/mol. The lowest BCUT2D eigenvalue weighted by molar-refractivity contribution is -0.394. The summed E-state index contributed by atoms with van der Waals surface area (Å²) < 4.78 is 5.80. The number of nitro groups is 2. The topological polar surface area (TPSA) is 145 Å². The molecule has 3 aromatic carbocycles. The number of aromatic hydroxyl groups is 1. The number of nitrogens with zero attached hydrogens (tertiary/aromatic N) is 4. The number of oxazole rings is 1. The Kier molecular flexibility index (Phi) is 4.88.